The van der Waals surface area contributed by atoms with Gasteiger partial charge in [-0.2, -0.15) is 13.2 Å². The molecule has 25 heavy (non-hydrogen) atoms. The number of hydrogen-bond donors (Lipinski definition) is 1. The molecule has 0 spiro atoms. The van der Waals surface area contributed by atoms with Gasteiger partial charge in [-0.3, -0.25) is 0 Å². The summed E-state index contributed by atoms with van der Waals surface area (Å²) in [6, 6.07) is 4.76. The summed E-state index contributed by atoms with van der Waals surface area (Å²) in [7, 11) is 0. The second-order valence-electron chi connectivity index (χ2n) is 4.69. The Hall–Kier alpha value is -1.87. The third kappa shape index (κ3) is 4.60. The molecule has 2 aromatic rings. The highest BCUT2D eigenvalue weighted by atomic mass is 79.9. The van der Waals surface area contributed by atoms with E-state index in [1.165, 1.54) is 12.1 Å². The fraction of sp³-hybridized carbons (Fsp3) is 0.133. The summed E-state index contributed by atoms with van der Waals surface area (Å²) in [6.45, 7) is 0. The third-order valence-corrected chi connectivity index (χ3v) is 3.78. The molecule has 2 aromatic carbocycles. The van der Waals surface area contributed by atoms with Crippen molar-refractivity contribution in [3.05, 3.63) is 52.0 Å². The molecule has 0 atom stereocenters. The molecule has 0 saturated carbocycles. The van der Waals surface area contributed by atoms with Crippen molar-refractivity contribution >= 4 is 39.1 Å². The Labute approximate surface area is 152 Å². The summed E-state index contributed by atoms with van der Waals surface area (Å²) in [5.41, 5.74) is 4.14. The number of rotatable bonds is 4. The first-order valence-corrected chi connectivity index (χ1v) is 7.88. The van der Waals surface area contributed by atoms with Crippen LogP contribution in [0, 0.1) is 11.6 Å². The van der Waals surface area contributed by atoms with Crippen LogP contribution in [-0.4, -0.2) is 11.7 Å². The Balaban J connectivity index is 2.51. The molecule has 10 heteroatoms. The van der Waals surface area contributed by atoms with Crippen molar-refractivity contribution in [2.75, 3.05) is 5.88 Å². The van der Waals surface area contributed by atoms with Gasteiger partial charge in [0, 0.05) is 0 Å². The zero-order chi connectivity index (χ0) is 18.8. The van der Waals surface area contributed by atoms with Crippen LogP contribution < -0.4 is 10.5 Å². The van der Waals surface area contributed by atoms with Gasteiger partial charge in [0.25, 0.3) is 0 Å². The standard InChI is InChI=1S/C15H9BrClF5N2O/c16-8-2-1-3-11(24-12(23)6-17)13(8)25-14-9(18)4-7(5-10(14)19)15(20,21)22/h1-5H,6H2,(H2,23,24). The number of para-hydroxylation sites is 1. The molecule has 0 radical (unpaired) electrons. The SMILES string of the molecule is NC(CCl)=Nc1cccc(Br)c1Oc1c(F)cc(C(F)(F)F)cc1F. The van der Waals surface area contributed by atoms with E-state index in [9.17, 15) is 22.0 Å². The Bertz CT molecular complexity index is 803. The average molecular weight is 444 g/mol. The van der Waals surface area contributed by atoms with Crippen LogP contribution in [0.25, 0.3) is 0 Å². The normalized spacial score (nSPS) is 12.4. The smallest absolute Gasteiger partial charge is 0.416 e. The van der Waals surface area contributed by atoms with Crippen molar-refractivity contribution in [1.29, 1.82) is 0 Å². The first-order valence-electron chi connectivity index (χ1n) is 6.55. The Morgan fingerprint density at radius 2 is 1.76 bits per heavy atom. The van der Waals surface area contributed by atoms with Gasteiger partial charge in [0.15, 0.2) is 23.1 Å². The number of hydrogen-bond acceptors (Lipinski definition) is 2. The number of amidine groups is 1. The molecule has 0 bridgehead atoms. The van der Waals surface area contributed by atoms with Gasteiger partial charge in [-0.05, 0) is 40.2 Å². The Morgan fingerprint density at radius 1 is 1.16 bits per heavy atom. The molecule has 0 aliphatic carbocycles. The highest BCUT2D eigenvalue weighted by Crippen LogP contribution is 2.41. The summed E-state index contributed by atoms with van der Waals surface area (Å²) >= 11 is 8.65. The van der Waals surface area contributed by atoms with E-state index >= 15 is 0 Å². The van der Waals surface area contributed by atoms with Crippen LogP contribution in [0.2, 0.25) is 0 Å². The molecular formula is C15H9BrClF5N2O. The molecule has 3 nitrogen and oxygen atoms in total. The van der Waals surface area contributed by atoms with E-state index in [4.69, 9.17) is 22.1 Å². The number of benzene rings is 2. The van der Waals surface area contributed by atoms with Gasteiger partial charge >= 0.3 is 6.18 Å². The number of ether oxygens (including phenoxy) is 1. The molecule has 0 saturated heterocycles. The van der Waals surface area contributed by atoms with E-state index < -0.39 is 29.1 Å². The molecule has 0 aromatic heterocycles. The van der Waals surface area contributed by atoms with E-state index in [-0.39, 0.29) is 39.8 Å². The molecule has 2 rings (SSSR count). The van der Waals surface area contributed by atoms with Crippen molar-refractivity contribution in [2.45, 2.75) is 6.18 Å². The molecule has 0 aliphatic heterocycles. The van der Waals surface area contributed by atoms with Gasteiger partial charge in [-0.1, -0.05) is 6.07 Å². The largest absolute Gasteiger partial charge is 0.448 e. The van der Waals surface area contributed by atoms with Crippen LogP contribution in [0.15, 0.2) is 39.8 Å². The summed E-state index contributed by atoms with van der Waals surface area (Å²) in [6.07, 6.45) is -4.89. The van der Waals surface area contributed by atoms with Crippen molar-refractivity contribution < 1.29 is 26.7 Å². The van der Waals surface area contributed by atoms with Gasteiger partial charge in [-0.25, -0.2) is 13.8 Å². The third-order valence-electron chi connectivity index (χ3n) is 2.88. The first-order chi connectivity index (χ1) is 11.6. The van der Waals surface area contributed by atoms with E-state index in [0.717, 1.165) is 0 Å². The van der Waals surface area contributed by atoms with E-state index in [0.29, 0.717) is 0 Å². The lowest BCUT2D eigenvalue weighted by Gasteiger charge is -2.14. The predicted octanol–water partition coefficient (Wildman–Crippen LogP) is 5.77. The van der Waals surface area contributed by atoms with Gasteiger partial charge in [0.1, 0.15) is 11.5 Å². The Morgan fingerprint density at radius 3 is 2.28 bits per heavy atom. The summed E-state index contributed by atoms with van der Waals surface area (Å²) in [5, 5.41) is 0. The van der Waals surface area contributed by atoms with Crippen molar-refractivity contribution in [3.8, 4) is 11.5 Å². The maximum atomic E-state index is 14.0. The van der Waals surface area contributed by atoms with Gasteiger partial charge in [-0.15, -0.1) is 11.6 Å². The number of alkyl halides is 4. The summed E-state index contributed by atoms with van der Waals surface area (Å²) in [5.74, 6) is -4.24. The predicted molar refractivity (Wildman–Crippen MR) is 87.6 cm³/mol. The summed E-state index contributed by atoms with van der Waals surface area (Å²) in [4.78, 5) is 3.93. The minimum Gasteiger partial charge on any atom is -0.448 e. The molecule has 0 heterocycles. The molecular weight excluding hydrogens is 435 g/mol. The summed E-state index contributed by atoms with van der Waals surface area (Å²) < 4.78 is 71.1. The Kier molecular flexibility index (Phi) is 5.89. The topological polar surface area (TPSA) is 47.6 Å². The highest BCUT2D eigenvalue weighted by Gasteiger charge is 2.33. The highest BCUT2D eigenvalue weighted by molar-refractivity contribution is 9.10. The monoisotopic (exact) mass is 442 g/mol. The molecule has 0 unspecified atom stereocenters. The molecule has 0 fully saturated rings. The minimum atomic E-state index is -4.89. The number of nitrogens with zero attached hydrogens (tertiary/aromatic N) is 1. The number of aliphatic imine (C=N–C) groups is 1. The van der Waals surface area contributed by atoms with Gasteiger partial charge in [0.2, 0.25) is 0 Å². The van der Waals surface area contributed by atoms with Crippen molar-refractivity contribution in [1.82, 2.24) is 0 Å². The van der Waals surface area contributed by atoms with Crippen LogP contribution in [-0.2, 0) is 6.18 Å². The minimum absolute atomic E-state index is 0.0120. The molecule has 2 N–H and O–H groups in total. The lowest BCUT2D eigenvalue weighted by atomic mass is 10.2. The number of halogens is 7. The van der Waals surface area contributed by atoms with Crippen LogP contribution in [0.5, 0.6) is 11.5 Å². The van der Waals surface area contributed by atoms with E-state index in [1.807, 2.05) is 0 Å². The zero-order valence-corrected chi connectivity index (χ0v) is 14.5. The lowest BCUT2D eigenvalue weighted by molar-refractivity contribution is -0.138. The molecule has 0 aliphatic rings. The lowest BCUT2D eigenvalue weighted by Crippen LogP contribution is -2.12. The second kappa shape index (κ2) is 7.57. The maximum absolute atomic E-state index is 14.0. The van der Waals surface area contributed by atoms with Crippen LogP contribution in [0.1, 0.15) is 5.56 Å². The van der Waals surface area contributed by atoms with E-state index in [1.54, 1.807) is 6.07 Å². The molecule has 134 valence electrons. The maximum Gasteiger partial charge on any atom is 0.416 e. The fourth-order valence-corrected chi connectivity index (χ4v) is 2.29. The van der Waals surface area contributed by atoms with Crippen LogP contribution in [0.3, 0.4) is 0 Å². The van der Waals surface area contributed by atoms with Crippen LogP contribution in [0.4, 0.5) is 27.6 Å². The fourth-order valence-electron chi connectivity index (χ4n) is 1.79. The van der Waals surface area contributed by atoms with E-state index in [2.05, 4.69) is 20.9 Å². The number of nitrogens with two attached hydrogens (primary N) is 1. The zero-order valence-electron chi connectivity index (χ0n) is 12.2. The quantitative estimate of drug-likeness (QED) is 0.282. The second-order valence-corrected chi connectivity index (χ2v) is 5.82. The van der Waals surface area contributed by atoms with Crippen molar-refractivity contribution in [3.63, 3.8) is 0 Å². The average Bonchev–Trinajstić information content (AvgIpc) is 2.51. The first kappa shape index (κ1) is 19.5. The molecule has 0 amide bonds. The van der Waals surface area contributed by atoms with Crippen molar-refractivity contribution in [2.24, 2.45) is 10.7 Å². The van der Waals surface area contributed by atoms with Gasteiger partial charge < -0.3 is 10.5 Å². The van der Waals surface area contributed by atoms with Crippen LogP contribution >= 0.6 is 27.5 Å². The van der Waals surface area contributed by atoms with Gasteiger partial charge in [0.05, 0.1) is 15.9 Å².